The molecule has 0 radical (unpaired) electrons. The van der Waals surface area contributed by atoms with E-state index in [1.165, 1.54) is 16.8 Å². The highest BCUT2D eigenvalue weighted by Gasteiger charge is 2.26. The Morgan fingerprint density at radius 1 is 1.37 bits per heavy atom. The Balaban J connectivity index is 1.72. The normalized spacial score (nSPS) is 17.4. The van der Waals surface area contributed by atoms with Gasteiger partial charge in [0.1, 0.15) is 11.5 Å². The molecule has 1 fully saturated rings. The number of primary amides is 1. The standard InChI is InChI=1S/C19H20BrFN4O2/c20-14-11-23-25(12-14)17-6-4-13(9-16(17)21)5-7-19(27)24-8-2-1-3-15(24)10-18(22)26/h4-7,9,11-12,15H,1-3,8,10H2,(H2,22,26)/b7-5+. The largest absolute Gasteiger partial charge is 0.370 e. The molecule has 1 saturated heterocycles. The molecular weight excluding hydrogens is 415 g/mol. The maximum Gasteiger partial charge on any atom is 0.246 e. The third kappa shape index (κ3) is 4.82. The lowest BCUT2D eigenvalue weighted by Gasteiger charge is -2.34. The number of likely N-dealkylation sites (tertiary alicyclic amines) is 1. The van der Waals surface area contributed by atoms with E-state index in [0.717, 1.165) is 23.7 Å². The molecule has 1 aliphatic heterocycles. The zero-order valence-electron chi connectivity index (χ0n) is 14.6. The Morgan fingerprint density at radius 3 is 2.85 bits per heavy atom. The topological polar surface area (TPSA) is 81.2 Å². The first-order chi connectivity index (χ1) is 12.9. The predicted octanol–water partition coefficient (Wildman–Crippen LogP) is 3.04. The van der Waals surface area contributed by atoms with Crippen LogP contribution >= 0.6 is 15.9 Å². The van der Waals surface area contributed by atoms with Crippen molar-refractivity contribution in [3.05, 3.63) is 52.5 Å². The van der Waals surface area contributed by atoms with Gasteiger partial charge in [0.15, 0.2) is 0 Å². The second kappa shape index (κ2) is 8.47. The van der Waals surface area contributed by atoms with Crippen LogP contribution in [-0.4, -0.2) is 39.1 Å². The lowest BCUT2D eigenvalue weighted by molar-refractivity contribution is -0.130. The van der Waals surface area contributed by atoms with Crippen molar-refractivity contribution in [2.45, 2.75) is 31.7 Å². The van der Waals surface area contributed by atoms with Gasteiger partial charge in [-0.05, 0) is 59.0 Å². The summed E-state index contributed by atoms with van der Waals surface area (Å²) in [6.45, 7) is 0.600. The summed E-state index contributed by atoms with van der Waals surface area (Å²) in [6.07, 6.45) is 9.04. The van der Waals surface area contributed by atoms with E-state index in [9.17, 15) is 14.0 Å². The van der Waals surface area contributed by atoms with Gasteiger partial charge in [-0.25, -0.2) is 9.07 Å². The van der Waals surface area contributed by atoms with E-state index in [1.54, 1.807) is 35.5 Å². The molecule has 0 aliphatic carbocycles. The third-order valence-corrected chi connectivity index (χ3v) is 4.94. The molecule has 2 amide bonds. The molecule has 6 nitrogen and oxygen atoms in total. The number of carbonyl (C=O) groups excluding carboxylic acids is 2. The molecule has 1 aromatic heterocycles. The van der Waals surface area contributed by atoms with E-state index in [2.05, 4.69) is 21.0 Å². The number of carbonyl (C=O) groups is 2. The smallest absolute Gasteiger partial charge is 0.246 e. The number of amides is 2. The average molecular weight is 435 g/mol. The van der Waals surface area contributed by atoms with Gasteiger partial charge in [0.2, 0.25) is 11.8 Å². The van der Waals surface area contributed by atoms with Crippen LogP contribution in [0, 0.1) is 5.82 Å². The quantitative estimate of drug-likeness (QED) is 0.734. The van der Waals surface area contributed by atoms with Crippen molar-refractivity contribution >= 4 is 33.8 Å². The molecule has 1 unspecified atom stereocenters. The molecule has 1 aromatic carbocycles. The molecule has 2 N–H and O–H groups in total. The highest BCUT2D eigenvalue weighted by Crippen LogP contribution is 2.21. The van der Waals surface area contributed by atoms with Crippen molar-refractivity contribution < 1.29 is 14.0 Å². The number of hydrogen-bond acceptors (Lipinski definition) is 3. The molecular formula is C19H20BrFN4O2. The number of nitrogens with two attached hydrogens (primary N) is 1. The van der Waals surface area contributed by atoms with Gasteiger partial charge in [-0.15, -0.1) is 0 Å². The molecule has 0 spiro atoms. The maximum atomic E-state index is 14.4. The van der Waals surface area contributed by atoms with E-state index < -0.39 is 11.7 Å². The Bertz CT molecular complexity index is 880. The number of nitrogens with zero attached hydrogens (tertiary/aromatic N) is 3. The first-order valence-corrected chi connectivity index (χ1v) is 9.50. The molecule has 27 heavy (non-hydrogen) atoms. The molecule has 0 bridgehead atoms. The lowest BCUT2D eigenvalue weighted by atomic mass is 9.99. The number of halogens is 2. The molecule has 142 valence electrons. The zero-order valence-corrected chi connectivity index (χ0v) is 16.2. The number of benzene rings is 1. The summed E-state index contributed by atoms with van der Waals surface area (Å²) < 4.78 is 16.6. The van der Waals surface area contributed by atoms with E-state index in [0.29, 0.717) is 17.8 Å². The van der Waals surface area contributed by atoms with Crippen LogP contribution in [0.5, 0.6) is 0 Å². The van der Waals surface area contributed by atoms with Crippen molar-refractivity contribution in [1.29, 1.82) is 0 Å². The highest BCUT2D eigenvalue weighted by atomic mass is 79.9. The van der Waals surface area contributed by atoms with Crippen molar-refractivity contribution in [3.63, 3.8) is 0 Å². The van der Waals surface area contributed by atoms with E-state index in [1.807, 2.05) is 0 Å². The Labute approximate surface area is 165 Å². The maximum absolute atomic E-state index is 14.4. The summed E-state index contributed by atoms with van der Waals surface area (Å²) in [4.78, 5) is 25.4. The molecule has 2 heterocycles. The second-order valence-electron chi connectivity index (χ2n) is 6.50. The monoisotopic (exact) mass is 434 g/mol. The van der Waals surface area contributed by atoms with Gasteiger partial charge in [-0.3, -0.25) is 9.59 Å². The lowest BCUT2D eigenvalue weighted by Crippen LogP contribution is -2.44. The summed E-state index contributed by atoms with van der Waals surface area (Å²) in [5, 5.41) is 4.06. The minimum Gasteiger partial charge on any atom is -0.370 e. The molecule has 2 aromatic rings. The second-order valence-corrected chi connectivity index (χ2v) is 7.41. The molecule has 1 aliphatic rings. The van der Waals surface area contributed by atoms with Gasteiger partial charge < -0.3 is 10.6 Å². The van der Waals surface area contributed by atoms with Gasteiger partial charge in [0.25, 0.3) is 0 Å². The fourth-order valence-corrected chi connectivity index (χ4v) is 3.53. The van der Waals surface area contributed by atoms with Crippen LogP contribution in [0.25, 0.3) is 11.8 Å². The van der Waals surface area contributed by atoms with Crippen molar-refractivity contribution in [2.75, 3.05) is 6.54 Å². The Hall–Kier alpha value is -2.48. The molecule has 0 saturated carbocycles. The van der Waals surface area contributed by atoms with Crippen molar-refractivity contribution in [1.82, 2.24) is 14.7 Å². The van der Waals surface area contributed by atoms with Gasteiger partial charge in [0.05, 0.1) is 10.7 Å². The van der Waals surface area contributed by atoms with Gasteiger partial charge in [-0.2, -0.15) is 5.10 Å². The van der Waals surface area contributed by atoms with Crippen LogP contribution in [0.3, 0.4) is 0 Å². The van der Waals surface area contributed by atoms with Crippen LogP contribution in [0.4, 0.5) is 4.39 Å². The summed E-state index contributed by atoms with van der Waals surface area (Å²) in [6, 6.07) is 4.52. The summed E-state index contributed by atoms with van der Waals surface area (Å²) in [5.41, 5.74) is 6.17. The zero-order chi connectivity index (χ0) is 19.4. The first-order valence-electron chi connectivity index (χ1n) is 8.71. The third-order valence-electron chi connectivity index (χ3n) is 4.54. The number of rotatable bonds is 5. The predicted molar refractivity (Wildman–Crippen MR) is 103 cm³/mol. The van der Waals surface area contributed by atoms with Crippen molar-refractivity contribution in [3.8, 4) is 5.69 Å². The number of piperidine rings is 1. The van der Waals surface area contributed by atoms with Crippen LogP contribution in [0.1, 0.15) is 31.2 Å². The van der Waals surface area contributed by atoms with Crippen LogP contribution in [0.15, 0.2) is 41.1 Å². The van der Waals surface area contributed by atoms with Gasteiger partial charge >= 0.3 is 0 Å². The first kappa shape index (κ1) is 19.3. The minimum absolute atomic E-state index is 0.161. The van der Waals surface area contributed by atoms with Crippen LogP contribution < -0.4 is 5.73 Å². The Morgan fingerprint density at radius 2 is 2.19 bits per heavy atom. The summed E-state index contributed by atoms with van der Waals surface area (Å²) >= 11 is 3.28. The highest BCUT2D eigenvalue weighted by molar-refractivity contribution is 9.10. The number of hydrogen-bond donors (Lipinski definition) is 1. The fourth-order valence-electron chi connectivity index (χ4n) is 3.24. The van der Waals surface area contributed by atoms with Crippen molar-refractivity contribution in [2.24, 2.45) is 5.73 Å². The van der Waals surface area contributed by atoms with E-state index in [-0.39, 0.29) is 18.4 Å². The Kier molecular flexibility index (Phi) is 6.05. The minimum atomic E-state index is -0.440. The average Bonchev–Trinajstić information content (AvgIpc) is 3.06. The fraction of sp³-hybridized carbons (Fsp3) is 0.316. The van der Waals surface area contributed by atoms with E-state index in [4.69, 9.17) is 5.73 Å². The van der Waals surface area contributed by atoms with E-state index >= 15 is 0 Å². The SMILES string of the molecule is NC(=O)CC1CCCCN1C(=O)/C=C/c1ccc(-n2cc(Br)cn2)c(F)c1. The summed E-state index contributed by atoms with van der Waals surface area (Å²) in [7, 11) is 0. The molecule has 1 atom stereocenters. The molecule has 8 heteroatoms. The summed E-state index contributed by atoms with van der Waals surface area (Å²) in [5.74, 6) is -1.04. The van der Waals surface area contributed by atoms with Gasteiger partial charge in [-0.1, -0.05) is 6.07 Å². The van der Waals surface area contributed by atoms with Crippen LogP contribution in [-0.2, 0) is 9.59 Å². The van der Waals surface area contributed by atoms with Crippen LogP contribution in [0.2, 0.25) is 0 Å². The van der Waals surface area contributed by atoms with Gasteiger partial charge in [0, 0.05) is 31.3 Å². The molecule has 3 rings (SSSR count). The number of aromatic nitrogens is 2.